The SMILES string of the molecule is CCC1(C(=O)N[C@@H](C)c2ccc(OC)cc2)CCCNC1. The quantitative estimate of drug-likeness (QED) is 0.876. The fourth-order valence-electron chi connectivity index (χ4n) is 2.95. The average molecular weight is 290 g/mol. The fraction of sp³-hybridized carbons (Fsp3) is 0.588. The molecule has 21 heavy (non-hydrogen) atoms. The van der Waals surface area contributed by atoms with Crippen LogP contribution < -0.4 is 15.4 Å². The summed E-state index contributed by atoms with van der Waals surface area (Å²) in [6.07, 6.45) is 2.91. The van der Waals surface area contributed by atoms with Crippen LogP contribution in [0, 0.1) is 5.41 Å². The zero-order valence-corrected chi connectivity index (χ0v) is 13.2. The maximum atomic E-state index is 12.7. The molecular weight excluding hydrogens is 264 g/mol. The molecule has 2 rings (SSSR count). The van der Waals surface area contributed by atoms with Crippen molar-refractivity contribution in [1.29, 1.82) is 0 Å². The summed E-state index contributed by atoms with van der Waals surface area (Å²) in [6.45, 7) is 5.93. The van der Waals surface area contributed by atoms with E-state index in [1.54, 1.807) is 7.11 Å². The topological polar surface area (TPSA) is 50.4 Å². The molecule has 116 valence electrons. The number of piperidine rings is 1. The van der Waals surface area contributed by atoms with Crippen LogP contribution in [0.25, 0.3) is 0 Å². The molecule has 1 heterocycles. The minimum Gasteiger partial charge on any atom is -0.497 e. The van der Waals surface area contributed by atoms with Crippen molar-refractivity contribution in [2.75, 3.05) is 20.2 Å². The zero-order valence-electron chi connectivity index (χ0n) is 13.2. The third-order valence-corrected chi connectivity index (χ3v) is 4.59. The Balaban J connectivity index is 2.03. The van der Waals surface area contributed by atoms with Gasteiger partial charge in [-0.25, -0.2) is 0 Å². The first-order chi connectivity index (χ1) is 10.1. The summed E-state index contributed by atoms with van der Waals surface area (Å²) >= 11 is 0. The summed E-state index contributed by atoms with van der Waals surface area (Å²) in [5.74, 6) is 0.999. The second kappa shape index (κ2) is 6.94. The molecule has 0 saturated carbocycles. The van der Waals surface area contributed by atoms with E-state index >= 15 is 0 Å². The molecule has 1 amide bonds. The van der Waals surface area contributed by atoms with E-state index in [1.807, 2.05) is 31.2 Å². The van der Waals surface area contributed by atoms with Gasteiger partial charge in [0.05, 0.1) is 18.6 Å². The minimum atomic E-state index is -0.251. The van der Waals surface area contributed by atoms with Gasteiger partial charge in [-0.1, -0.05) is 19.1 Å². The van der Waals surface area contributed by atoms with Gasteiger partial charge >= 0.3 is 0 Å². The highest BCUT2D eigenvalue weighted by atomic mass is 16.5. The second-order valence-corrected chi connectivity index (χ2v) is 5.88. The summed E-state index contributed by atoms with van der Waals surface area (Å²) < 4.78 is 5.16. The number of carbonyl (C=O) groups is 1. The normalized spacial score (nSPS) is 23.4. The van der Waals surface area contributed by atoms with Crippen LogP contribution in [0.2, 0.25) is 0 Å². The van der Waals surface area contributed by atoms with Gasteiger partial charge in [0.25, 0.3) is 0 Å². The minimum absolute atomic E-state index is 0.00811. The van der Waals surface area contributed by atoms with Gasteiger partial charge in [0.2, 0.25) is 5.91 Å². The van der Waals surface area contributed by atoms with Crippen LogP contribution in [0.15, 0.2) is 24.3 Å². The lowest BCUT2D eigenvalue weighted by atomic mass is 9.77. The van der Waals surface area contributed by atoms with Crippen LogP contribution in [0.1, 0.15) is 44.7 Å². The van der Waals surface area contributed by atoms with Crippen LogP contribution in [-0.4, -0.2) is 26.1 Å². The molecule has 4 heteroatoms. The first kappa shape index (κ1) is 15.8. The van der Waals surface area contributed by atoms with E-state index in [4.69, 9.17) is 4.74 Å². The zero-order chi connectivity index (χ0) is 15.3. The maximum absolute atomic E-state index is 12.7. The Morgan fingerprint density at radius 1 is 1.43 bits per heavy atom. The largest absolute Gasteiger partial charge is 0.497 e. The van der Waals surface area contributed by atoms with Crippen LogP contribution >= 0.6 is 0 Å². The Bertz CT molecular complexity index is 464. The second-order valence-electron chi connectivity index (χ2n) is 5.88. The number of rotatable bonds is 5. The number of nitrogens with one attached hydrogen (secondary N) is 2. The van der Waals surface area contributed by atoms with Gasteiger partial charge in [-0.15, -0.1) is 0 Å². The highest BCUT2D eigenvalue weighted by molar-refractivity contribution is 5.83. The van der Waals surface area contributed by atoms with Crippen molar-refractivity contribution >= 4 is 5.91 Å². The van der Waals surface area contributed by atoms with E-state index < -0.39 is 0 Å². The number of amides is 1. The first-order valence-electron chi connectivity index (χ1n) is 7.77. The maximum Gasteiger partial charge on any atom is 0.227 e. The molecule has 0 aromatic heterocycles. The number of ether oxygens (including phenoxy) is 1. The van der Waals surface area contributed by atoms with Gasteiger partial charge in [0, 0.05) is 6.54 Å². The van der Waals surface area contributed by atoms with Gasteiger partial charge in [0.1, 0.15) is 5.75 Å². The highest BCUT2D eigenvalue weighted by Gasteiger charge is 2.38. The van der Waals surface area contributed by atoms with Gasteiger partial charge < -0.3 is 15.4 Å². The Labute approximate surface area is 127 Å². The van der Waals surface area contributed by atoms with Gasteiger partial charge in [-0.2, -0.15) is 0 Å². The van der Waals surface area contributed by atoms with Crippen molar-refractivity contribution in [3.05, 3.63) is 29.8 Å². The van der Waals surface area contributed by atoms with Crippen molar-refractivity contribution in [3.63, 3.8) is 0 Å². The van der Waals surface area contributed by atoms with E-state index in [1.165, 1.54) is 0 Å². The number of hydrogen-bond donors (Lipinski definition) is 2. The Hall–Kier alpha value is -1.55. The summed E-state index contributed by atoms with van der Waals surface area (Å²) in [5.41, 5.74) is 0.845. The standard InChI is InChI=1S/C17H26N2O2/c1-4-17(10-5-11-18-12-17)16(20)19-13(2)14-6-8-15(21-3)9-7-14/h6-9,13,18H,4-5,10-12H2,1-3H3,(H,19,20)/t13-,17?/m0/s1. The predicted molar refractivity (Wildman–Crippen MR) is 84.4 cm³/mol. The van der Waals surface area contributed by atoms with Gasteiger partial charge in [-0.05, 0) is 50.4 Å². The Morgan fingerprint density at radius 3 is 2.67 bits per heavy atom. The molecule has 1 aromatic rings. The highest BCUT2D eigenvalue weighted by Crippen LogP contribution is 2.31. The van der Waals surface area contributed by atoms with Gasteiger partial charge in [-0.3, -0.25) is 4.79 Å². The van der Waals surface area contributed by atoms with Crippen molar-refractivity contribution < 1.29 is 9.53 Å². The summed E-state index contributed by atoms with van der Waals surface area (Å²) in [5, 5.41) is 6.53. The van der Waals surface area contributed by atoms with Crippen molar-refractivity contribution in [2.45, 2.75) is 39.2 Å². The Kier molecular flexibility index (Phi) is 5.23. The number of benzene rings is 1. The molecule has 0 radical (unpaired) electrons. The third-order valence-electron chi connectivity index (χ3n) is 4.59. The monoisotopic (exact) mass is 290 g/mol. The number of hydrogen-bond acceptors (Lipinski definition) is 3. The lowest BCUT2D eigenvalue weighted by molar-refractivity contribution is -0.133. The van der Waals surface area contributed by atoms with Crippen molar-refractivity contribution in [2.24, 2.45) is 5.41 Å². The van der Waals surface area contributed by atoms with Crippen LogP contribution in [0.3, 0.4) is 0 Å². The van der Waals surface area contributed by atoms with E-state index in [0.29, 0.717) is 0 Å². The van der Waals surface area contributed by atoms with E-state index in [0.717, 1.165) is 43.7 Å². The fourth-order valence-corrected chi connectivity index (χ4v) is 2.95. The first-order valence-corrected chi connectivity index (χ1v) is 7.77. The molecule has 1 unspecified atom stereocenters. The van der Waals surface area contributed by atoms with Gasteiger partial charge in [0.15, 0.2) is 0 Å². The van der Waals surface area contributed by atoms with Crippen molar-refractivity contribution in [3.8, 4) is 5.75 Å². The summed E-state index contributed by atoms with van der Waals surface area (Å²) in [7, 11) is 1.65. The smallest absolute Gasteiger partial charge is 0.227 e. The summed E-state index contributed by atoms with van der Waals surface area (Å²) in [4.78, 5) is 12.7. The van der Waals surface area contributed by atoms with E-state index in [2.05, 4.69) is 17.6 Å². The third kappa shape index (κ3) is 3.56. The molecule has 1 fully saturated rings. The van der Waals surface area contributed by atoms with Crippen molar-refractivity contribution in [1.82, 2.24) is 10.6 Å². The van der Waals surface area contributed by atoms with Crippen LogP contribution in [0.4, 0.5) is 0 Å². The average Bonchev–Trinajstić information content (AvgIpc) is 2.55. The predicted octanol–water partition coefficient (Wildman–Crippen LogP) is 2.65. The lowest BCUT2D eigenvalue weighted by Crippen LogP contribution is -2.50. The molecule has 1 saturated heterocycles. The molecular formula is C17H26N2O2. The molecule has 4 nitrogen and oxygen atoms in total. The molecule has 2 atom stereocenters. The molecule has 0 bridgehead atoms. The lowest BCUT2D eigenvalue weighted by Gasteiger charge is -2.36. The number of carbonyl (C=O) groups excluding carboxylic acids is 1. The van der Waals surface area contributed by atoms with E-state index in [9.17, 15) is 4.79 Å². The molecule has 0 aliphatic carbocycles. The Morgan fingerprint density at radius 2 is 2.14 bits per heavy atom. The number of methoxy groups -OCH3 is 1. The molecule has 1 aliphatic heterocycles. The molecule has 0 spiro atoms. The van der Waals surface area contributed by atoms with E-state index in [-0.39, 0.29) is 17.4 Å². The van der Waals surface area contributed by atoms with Crippen LogP contribution in [-0.2, 0) is 4.79 Å². The molecule has 1 aromatic carbocycles. The van der Waals surface area contributed by atoms with Crippen LogP contribution in [0.5, 0.6) is 5.75 Å². The molecule has 2 N–H and O–H groups in total. The summed E-state index contributed by atoms with van der Waals surface area (Å²) in [6, 6.07) is 7.86. The molecule has 1 aliphatic rings.